The molecule has 0 saturated carbocycles. The van der Waals surface area contributed by atoms with Crippen molar-refractivity contribution in [3.05, 3.63) is 12.2 Å². The summed E-state index contributed by atoms with van der Waals surface area (Å²) in [5.74, 6) is -2.87. The van der Waals surface area contributed by atoms with E-state index in [4.69, 9.17) is 5.73 Å². The number of carbonyl (C=O) groups is 5. The lowest BCUT2D eigenvalue weighted by Crippen LogP contribution is -2.48. The second-order valence-electron chi connectivity index (χ2n) is 5.39. The molecule has 1 aliphatic rings. The van der Waals surface area contributed by atoms with Crippen molar-refractivity contribution < 1.29 is 24.0 Å². The van der Waals surface area contributed by atoms with E-state index in [2.05, 4.69) is 10.6 Å². The van der Waals surface area contributed by atoms with E-state index in [9.17, 15) is 24.0 Å². The van der Waals surface area contributed by atoms with Gasteiger partial charge in [-0.2, -0.15) is 0 Å². The van der Waals surface area contributed by atoms with E-state index in [1.165, 1.54) is 0 Å². The molecule has 0 aromatic rings. The second-order valence-corrected chi connectivity index (χ2v) is 5.39. The van der Waals surface area contributed by atoms with Crippen LogP contribution in [0.25, 0.3) is 0 Å². The van der Waals surface area contributed by atoms with Gasteiger partial charge in [-0.25, -0.2) is 0 Å². The van der Waals surface area contributed by atoms with E-state index in [-0.39, 0.29) is 18.9 Å². The zero-order valence-electron chi connectivity index (χ0n) is 13.0. The predicted molar refractivity (Wildman–Crippen MR) is 79.4 cm³/mol. The van der Waals surface area contributed by atoms with Crippen LogP contribution in [0.15, 0.2) is 12.2 Å². The summed E-state index contributed by atoms with van der Waals surface area (Å²) in [5.41, 5.74) is 5.18. The lowest BCUT2D eigenvalue weighted by atomic mass is 10.0. The maximum absolute atomic E-state index is 11.7. The highest BCUT2D eigenvalue weighted by atomic mass is 16.2. The van der Waals surface area contributed by atoms with Gasteiger partial charge in [-0.1, -0.05) is 13.8 Å². The minimum atomic E-state index is -0.774. The monoisotopic (exact) mass is 324 g/mol. The molecule has 0 spiro atoms. The Morgan fingerprint density at radius 3 is 2.17 bits per heavy atom. The van der Waals surface area contributed by atoms with Crippen LogP contribution in [0.4, 0.5) is 0 Å². The molecule has 126 valence electrons. The SMILES string of the molecule is CC(C)C(NC(=O)CCNC(=O)CN1C(=O)C=CC1=O)C(N)=O. The van der Waals surface area contributed by atoms with Crippen molar-refractivity contribution in [2.45, 2.75) is 26.3 Å². The Labute approximate surface area is 133 Å². The fourth-order valence-electron chi connectivity index (χ4n) is 1.91. The van der Waals surface area contributed by atoms with Crippen molar-refractivity contribution in [3.63, 3.8) is 0 Å². The van der Waals surface area contributed by atoms with Crippen molar-refractivity contribution in [2.75, 3.05) is 13.1 Å². The van der Waals surface area contributed by atoms with Gasteiger partial charge >= 0.3 is 0 Å². The molecule has 0 aliphatic carbocycles. The topological polar surface area (TPSA) is 139 Å². The van der Waals surface area contributed by atoms with Gasteiger partial charge in [-0.05, 0) is 5.92 Å². The number of hydrogen-bond donors (Lipinski definition) is 3. The zero-order chi connectivity index (χ0) is 17.6. The first-order chi connectivity index (χ1) is 10.7. The number of imide groups is 1. The molecule has 9 nitrogen and oxygen atoms in total. The molecule has 1 unspecified atom stereocenters. The summed E-state index contributed by atoms with van der Waals surface area (Å²) in [6, 6.07) is -0.774. The normalized spacial score (nSPS) is 15.0. The van der Waals surface area contributed by atoms with Gasteiger partial charge in [0.25, 0.3) is 11.8 Å². The summed E-state index contributed by atoms with van der Waals surface area (Å²) in [4.78, 5) is 57.8. The smallest absolute Gasteiger partial charge is 0.254 e. The standard InChI is InChI=1S/C14H20N4O5/c1-8(2)13(14(15)23)17-9(19)5-6-16-10(20)7-18-11(21)3-4-12(18)22/h3-4,8,13H,5-7H2,1-2H3,(H2,15,23)(H,16,20)(H,17,19). The third-order valence-corrected chi connectivity index (χ3v) is 3.17. The van der Waals surface area contributed by atoms with Crippen molar-refractivity contribution in [1.29, 1.82) is 0 Å². The molecule has 23 heavy (non-hydrogen) atoms. The molecule has 1 aliphatic heterocycles. The van der Waals surface area contributed by atoms with Crippen LogP contribution in [0.1, 0.15) is 20.3 Å². The van der Waals surface area contributed by atoms with E-state index >= 15 is 0 Å². The average molecular weight is 324 g/mol. The molecule has 1 atom stereocenters. The Balaban J connectivity index is 2.32. The van der Waals surface area contributed by atoms with Crippen LogP contribution in [0, 0.1) is 5.92 Å². The summed E-state index contributed by atoms with van der Waals surface area (Å²) in [6.45, 7) is 3.10. The van der Waals surface area contributed by atoms with Crippen LogP contribution < -0.4 is 16.4 Å². The second kappa shape index (κ2) is 8.06. The molecule has 1 heterocycles. The highest BCUT2D eigenvalue weighted by molar-refractivity contribution is 6.14. The van der Waals surface area contributed by atoms with Gasteiger partial charge in [-0.15, -0.1) is 0 Å². The van der Waals surface area contributed by atoms with Crippen molar-refractivity contribution in [3.8, 4) is 0 Å². The summed E-state index contributed by atoms with van der Waals surface area (Å²) < 4.78 is 0. The number of nitrogens with one attached hydrogen (secondary N) is 2. The Kier molecular flexibility index (Phi) is 6.43. The highest BCUT2D eigenvalue weighted by Crippen LogP contribution is 2.02. The molecule has 9 heteroatoms. The molecule has 0 aromatic carbocycles. The van der Waals surface area contributed by atoms with Gasteiger partial charge in [0.15, 0.2) is 0 Å². The van der Waals surface area contributed by atoms with Crippen LogP contribution in [0.5, 0.6) is 0 Å². The van der Waals surface area contributed by atoms with E-state index in [0.29, 0.717) is 0 Å². The predicted octanol–water partition coefficient (Wildman–Crippen LogP) is -1.96. The number of primary amides is 1. The number of amides is 5. The van der Waals surface area contributed by atoms with Crippen LogP contribution in [0.3, 0.4) is 0 Å². The lowest BCUT2D eigenvalue weighted by molar-refractivity contribution is -0.141. The van der Waals surface area contributed by atoms with Gasteiger partial charge in [-0.3, -0.25) is 28.9 Å². The van der Waals surface area contributed by atoms with Crippen LogP contribution in [0.2, 0.25) is 0 Å². The summed E-state index contributed by atoms with van der Waals surface area (Å²) >= 11 is 0. The summed E-state index contributed by atoms with van der Waals surface area (Å²) in [6.07, 6.45) is 2.11. The van der Waals surface area contributed by atoms with Gasteiger partial charge < -0.3 is 16.4 Å². The molecule has 4 N–H and O–H groups in total. The number of carbonyl (C=O) groups excluding carboxylic acids is 5. The molecular weight excluding hydrogens is 304 g/mol. The third kappa shape index (κ3) is 5.53. The molecular formula is C14H20N4O5. The quantitative estimate of drug-likeness (QED) is 0.445. The first-order valence-electron chi connectivity index (χ1n) is 7.11. The van der Waals surface area contributed by atoms with E-state index in [0.717, 1.165) is 17.1 Å². The molecule has 0 saturated heterocycles. The minimum Gasteiger partial charge on any atom is -0.368 e. The van der Waals surface area contributed by atoms with Crippen molar-refractivity contribution in [1.82, 2.24) is 15.5 Å². The Morgan fingerprint density at radius 2 is 1.70 bits per heavy atom. The van der Waals surface area contributed by atoms with Gasteiger partial charge in [0.2, 0.25) is 17.7 Å². The number of nitrogens with zero attached hydrogens (tertiary/aromatic N) is 1. The number of nitrogens with two attached hydrogens (primary N) is 1. The van der Waals surface area contributed by atoms with Crippen LogP contribution in [-0.4, -0.2) is 53.6 Å². The molecule has 0 fully saturated rings. The fraction of sp³-hybridized carbons (Fsp3) is 0.500. The molecule has 1 rings (SSSR count). The van der Waals surface area contributed by atoms with E-state index < -0.39 is 42.1 Å². The molecule has 0 bridgehead atoms. The molecule has 0 aromatic heterocycles. The van der Waals surface area contributed by atoms with Gasteiger partial charge in [0.05, 0.1) is 0 Å². The number of rotatable bonds is 8. The summed E-state index contributed by atoms with van der Waals surface area (Å²) in [5, 5.41) is 4.91. The van der Waals surface area contributed by atoms with Crippen LogP contribution >= 0.6 is 0 Å². The molecule has 0 radical (unpaired) electrons. The van der Waals surface area contributed by atoms with E-state index in [1.54, 1.807) is 13.8 Å². The maximum Gasteiger partial charge on any atom is 0.254 e. The molecule has 5 amide bonds. The Morgan fingerprint density at radius 1 is 1.13 bits per heavy atom. The Hall–Kier alpha value is -2.71. The van der Waals surface area contributed by atoms with Gasteiger partial charge in [0.1, 0.15) is 12.6 Å². The highest BCUT2D eigenvalue weighted by Gasteiger charge is 2.25. The van der Waals surface area contributed by atoms with Crippen molar-refractivity contribution >= 4 is 29.5 Å². The average Bonchev–Trinajstić information content (AvgIpc) is 2.76. The first kappa shape index (κ1) is 18.3. The van der Waals surface area contributed by atoms with Crippen LogP contribution in [-0.2, 0) is 24.0 Å². The number of hydrogen-bond acceptors (Lipinski definition) is 5. The third-order valence-electron chi connectivity index (χ3n) is 3.17. The largest absolute Gasteiger partial charge is 0.368 e. The maximum atomic E-state index is 11.7. The first-order valence-corrected chi connectivity index (χ1v) is 7.11. The van der Waals surface area contributed by atoms with E-state index in [1.807, 2.05) is 0 Å². The lowest BCUT2D eigenvalue weighted by Gasteiger charge is -2.19. The minimum absolute atomic E-state index is 0.0118. The van der Waals surface area contributed by atoms with Crippen molar-refractivity contribution in [2.24, 2.45) is 11.7 Å². The summed E-state index contributed by atoms with van der Waals surface area (Å²) in [7, 11) is 0. The Bertz CT molecular complexity index is 537. The van der Waals surface area contributed by atoms with Gasteiger partial charge in [0, 0.05) is 25.1 Å². The zero-order valence-corrected chi connectivity index (χ0v) is 13.0. The fourth-order valence-corrected chi connectivity index (χ4v) is 1.91.